The lowest BCUT2D eigenvalue weighted by Gasteiger charge is -2.28. The summed E-state index contributed by atoms with van der Waals surface area (Å²) in [7, 11) is 0. The predicted molar refractivity (Wildman–Crippen MR) is 91.7 cm³/mol. The molecule has 1 saturated carbocycles. The summed E-state index contributed by atoms with van der Waals surface area (Å²) in [5.41, 5.74) is -2.36. The summed E-state index contributed by atoms with van der Waals surface area (Å²) in [6.07, 6.45) is -2.78. The van der Waals surface area contributed by atoms with Crippen molar-refractivity contribution in [3.8, 4) is 5.88 Å². The number of pyridine rings is 1. The zero-order valence-corrected chi connectivity index (χ0v) is 15.5. The first-order valence-corrected chi connectivity index (χ1v) is 8.88. The molecule has 2 aliphatic rings. The number of nitrogens with one attached hydrogen (secondary N) is 1. The number of rotatable bonds is 5. The zero-order chi connectivity index (χ0) is 20.7. The third-order valence-corrected chi connectivity index (χ3v) is 5.38. The van der Waals surface area contributed by atoms with Crippen molar-refractivity contribution in [2.24, 2.45) is 10.8 Å². The van der Waals surface area contributed by atoms with E-state index in [0.717, 1.165) is 25.0 Å². The summed E-state index contributed by atoms with van der Waals surface area (Å²) in [6, 6.07) is 1.72. The Balaban J connectivity index is 1.64. The Labute approximate surface area is 159 Å². The molecule has 0 radical (unpaired) electrons. The van der Waals surface area contributed by atoms with Crippen LogP contribution in [0, 0.1) is 10.8 Å². The number of nitrogens with zero attached hydrogens (tertiary/aromatic N) is 2. The smallest absolute Gasteiger partial charge is 0.421 e. The molecule has 3 rings (SSSR count). The number of halogens is 3. The van der Waals surface area contributed by atoms with Gasteiger partial charge in [-0.05, 0) is 38.8 Å². The minimum absolute atomic E-state index is 0.205. The number of ether oxygens (including phenoxy) is 1. The molecular formula is C18H22F3N3O4. The predicted octanol–water partition coefficient (Wildman–Crippen LogP) is 2.76. The molecule has 154 valence electrons. The second kappa shape index (κ2) is 6.82. The topological polar surface area (TPSA) is 91.8 Å². The van der Waals surface area contributed by atoms with E-state index in [1.54, 1.807) is 13.8 Å². The van der Waals surface area contributed by atoms with Crippen molar-refractivity contribution >= 4 is 12.0 Å². The van der Waals surface area contributed by atoms with Crippen LogP contribution in [0.15, 0.2) is 18.3 Å². The van der Waals surface area contributed by atoms with Crippen LogP contribution in [-0.2, 0) is 11.0 Å². The molecule has 0 aromatic carbocycles. The van der Waals surface area contributed by atoms with Crippen LogP contribution in [-0.4, -0.2) is 52.7 Å². The molecule has 0 bridgehead atoms. The third kappa shape index (κ3) is 4.00. The van der Waals surface area contributed by atoms with Crippen molar-refractivity contribution < 1.29 is 32.6 Å². The van der Waals surface area contributed by atoms with Gasteiger partial charge in [0.15, 0.2) is 0 Å². The van der Waals surface area contributed by atoms with Gasteiger partial charge in [0.1, 0.15) is 12.2 Å². The summed E-state index contributed by atoms with van der Waals surface area (Å²) < 4.78 is 44.4. The van der Waals surface area contributed by atoms with Gasteiger partial charge in [-0.25, -0.2) is 9.78 Å². The van der Waals surface area contributed by atoms with Crippen LogP contribution in [0.3, 0.4) is 0 Å². The summed E-state index contributed by atoms with van der Waals surface area (Å²) >= 11 is 0. The summed E-state index contributed by atoms with van der Waals surface area (Å²) in [4.78, 5) is 28.8. The van der Waals surface area contributed by atoms with Crippen LogP contribution < -0.4 is 10.1 Å². The van der Waals surface area contributed by atoms with Crippen LogP contribution in [0.2, 0.25) is 0 Å². The number of carboxylic acid groups (broad SMARTS) is 1. The Kier molecular flexibility index (Phi) is 4.93. The lowest BCUT2D eigenvalue weighted by molar-refractivity contribution is -0.139. The van der Waals surface area contributed by atoms with E-state index in [0.29, 0.717) is 6.54 Å². The van der Waals surface area contributed by atoms with Crippen LogP contribution >= 0.6 is 0 Å². The second-order valence-electron chi connectivity index (χ2n) is 8.08. The number of hydrogen-bond acceptors (Lipinski definition) is 4. The van der Waals surface area contributed by atoms with Crippen molar-refractivity contribution in [2.75, 3.05) is 19.7 Å². The molecule has 2 N–H and O–H groups in total. The van der Waals surface area contributed by atoms with Crippen LogP contribution in [0.5, 0.6) is 5.88 Å². The van der Waals surface area contributed by atoms with E-state index in [4.69, 9.17) is 4.74 Å². The molecule has 1 spiro atoms. The Hall–Kier alpha value is -2.52. The number of aromatic nitrogens is 1. The maximum absolute atomic E-state index is 13.0. The lowest BCUT2D eigenvalue weighted by Crippen LogP contribution is -2.49. The van der Waals surface area contributed by atoms with E-state index in [1.807, 2.05) is 0 Å². The molecule has 10 heteroatoms. The molecule has 1 aliphatic heterocycles. The SMILES string of the molecule is CC(C)(COc1ncccc1C(F)(F)F)C(=O)NC1CN(C(=O)O)CC12CC2. The Morgan fingerprint density at radius 1 is 1.39 bits per heavy atom. The summed E-state index contributed by atoms with van der Waals surface area (Å²) in [5, 5.41) is 12.1. The van der Waals surface area contributed by atoms with Gasteiger partial charge in [0.25, 0.3) is 0 Å². The van der Waals surface area contributed by atoms with Gasteiger partial charge in [-0.2, -0.15) is 13.2 Å². The van der Waals surface area contributed by atoms with Crippen LogP contribution in [0.1, 0.15) is 32.3 Å². The van der Waals surface area contributed by atoms with Gasteiger partial charge in [0.2, 0.25) is 11.8 Å². The van der Waals surface area contributed by atoms with E-state index in [9.17, 15) is 27.9 Å². The number of carbonyl (C=O) groups is 2. The van der Waals surface area contributed by atoms with Crippen molar-refractivity contribution in [3.63, 3.8) is 0 Å². The van der Waals surface area contributed by atoms with E-state index in [1.165, 1.54) is 11.1 Å². The summed E-state index contributed by atoms with van der Waals surface area (Å²) in [5.74, 6) is -0.979. The maximum atomic E-state index is 13.0. The minimum Gasteiger partial charge on any atom is -0.476 e. The van der Waals surface area contributed by atoms with Crippen LogP contribution in [0.4, 0.5) is 18.0 Å². The van der Waals surface area contributed by atoms with E-state index in [2.05, 4.69) is 10.3 Å². The largest absolute Gasteiger partial charge is 0.476 e. The highest BCUT2D eigenvalue weighted by Gasteiger charge is 2.57. The average Bonchev–Trinajstić information content (AvgIpc) is 3.29. The normalized spacial score (nSPS) is 20.9. The van der Waals surface area contributed by atoms with Gasteiger partial charge in [-0.1, -0.05) is 0 Å². The number of likely N-dealkylation sites (tertiary alicyclic amines) is 1. The quantitative estimate of drug-likeness (QED) is 0.792. The van der Waals surface area contributed by atoms with Crippen molar-refractivity contribution in [3.05, 3.63) is 23.9 Å². The molecule has 1 atom stereocenters. The fraction of sp³-hybridized carbons (Fsp3) is 0.611. The number of hydrogen-bond donors (Lipinski definition) is 2. The first kappa shape index (κ1) is 20.2. The average molecular weight is 401 g/mol. The summed E-state index contributed by atoms with van der Waals surface area (Å²) in [6.45, 7) is 3.40. The Morgan fingerprint density at radius 3 is 2.64 bits per heavy atom. The molecule has 2 heterocycles. The molecule has 1 unspecified atom stereocenters. The first-order valence-electron chi connectivity index (χ1n) is 8.88. The standard InChI is InChI=1S/C18H22F3N3O4/c1-16(2,10-28-13-11(18(19,20)21)4-3-7-22-13)14(25)23-12-8-24(15(26)27)9-17(12)5-6-17/h3-4,7,12H,5-6,8-10H2,1-2H3,(H,23,25)(H,26,27). The number of carbonyl (C=O) groups excluding carboxylic acids is 1. The molecule has 1 aromatic heterocycles. The highest BCUT2D eigenvalue weighted by Crippen LogP contribution is 2.53. The highest BCUT2D eigenvalue weighted by molar-refractivity contribution is 5.82. The molecule has 2 fully saturated rings. The molecule has 7 nitrogen and oxygen atoms in total. The first-order chi connectivity index (χ1) is 12.9. The lowest BCUT2D eigenvalue weighted by atomic mass is 9.91. The Bertz CT molecular complexity index is 778. The second-order valence-corrected chi connectivity index (χ2v) is 8.08. The van der Waals surface area contributed by atoms with Crippen molar-refractivity contribution in [1.82, 2.24) is 15.2 Å². The molecule has 28 heavy (non-hydrogen) atoms. The van der Waals surface area contributed by atoms with E-state index >= 15 is 0 Å². The maximum Gasteiger partial charge on any atom is 0.421 e. The Morgan fingerprint density at radius 2 is 2.07 bits per heavy atom. The van der Waals surface area contributed by atoms with Gasteiger partial charge in [0, 0.05) is 24.7 Å². The van der Waals surface area contributed by atoms with Gasteiger partial charge in [-0.3, -0.25) is 4.79 Å². The number of alkyl halides is 3. The monoisotopic (exact) mass is 401 g/mol. The van der Waals surface area contributed by atoms with Crippen molar-refractivity contribution in [1.29, 1.82) is 0 Å². The van der Waals surface area contributed by atoms with Gasteiger partial charge in [-0.15, -0.1) is 0 Å². The molecule has 1 saturated heterocycles. The molecular weight excluding hydrogens is 379 g/mol. The molecule has 2 amide bonds. The molecule has 1 aromatic rings. The highest BCUT2D eigenvalue weighted by atomic mass is 19.4. The zero-order valence-electron chi connectivity index (χ0n) is 15.5. The molecule has 1 aliphatic carbocycles. The van der Waals surface area contributed by atoms with Gasteiger partial charge >= 0.3 is 12.3 Å². The fourth-order valence-electron chi connectivity index (χ4n) is 3.37. The number of amides is 2. The van der Waals surface area contributed by atoms with Crippen LogP contribution in [0.25, 0.3) is 0 Å². The fourth-order valence-corrected chi connectivity index (χ4v) is 3.37. The minimum atomic E-state index is -4.61. The van der Waals surface area contributed by atoms with Gasteiger partial charge in [0.05, 0.1) is 11.5 Å². The van der Waals surface area contributed by atoms with Gasteiger partial charge < -0.3 is 20.1 Å². The van der Waals surface area contributed by atoms with E-state index < -0.39 is 35.0 Å². The third-order valence-electron chi connectivity index (χ3n) is 5.38. The van der Waals surface area contributed by atoms with Crippen molar-refractivity contribution in [2.45, 2.75) is 38.9 Å². The van der Waals surface area contributed by atoms with E-state index in [-0.39, 0.29) is 24.6 Å².